The van der Waals surface area contributed by atoms with Crippen LogP contribution in [0.3, 0.4) is 0 Å². The van der Waals surface area contributed by atoms with Crippen molar-refractivity contribution in [2.45, 2.75) is 45.4 Å². The monoisotopic (exact) mass is 256 g/mol. The summed E-state index contributed by atoms with van der Waals surface area (Å²) in [6, 6.07) is 5.11. The lowest BCUT2D eigenvalue weighted by atomic mass is 10.1. The van der Waals surface area contributed by atoms with Gasteiger partial charge in [-0.2, -0.15) is 0 Å². The standard InChI is InChI=1S/C13H21ClN2O/c1-2-3-4-5-6-7-11-15-13-10-8-9-12(14)16(13)17/h8-10,15H,2-7,11H2,1H3. The van der Waals surface area contributed by atoms with Gasteiger partial charge in [-0.15, -0.1) is 0 Å². The molecule has 1 N–H and O–H groups in total. The van der Waals surface area contributed by atoms with Gasteiger partial charge in [0.05, 0.1) is 6.54 Å². The quantitative estimate of drug-likeness (QED) is 0.333. The molecular weight excluding hydrogens is 236 g/mol. The van der Waals surface area contributed by atoms with Gasteiger partial charge in [0.1, 0.15) is 0 Å². The zero-order chi connectivity index (χ0) is 12.5. The minimum Gasteiger partial charge on any atom is -0.710 e. The van der Waals surface area contributed by atoms with Gasteiger partial charge in [0, 0.05) is 6.07 Å². The van der Waals surface area contributed by atoms with Gasteiger partial charge in [-0.3, -0.25) is 5.32 Å². The van der Waals surface area contributed by atoms with Crippen LogP contribution in [0.25, 0.3) is 0 Å². The predicted octanol–water partition coefficient (Wildman–Crippen LogP) is 3.75. The molecular formula is C13H21ClN2O. The summed E-state index contributed by atoms with van der Waals surface area (Å²) < 4.78 is 0.721. The van der Waals surface area contributed by atoms with Gasteiger partial charge in [-0.05, 0) is 36.6 Å². The van der Waals surface area contributed by atoms with E-state index in [0.717, 1.165) is 17.7 Å². The van der Waals surface area contributed by atoms with Crippen LogP contribution < -0.4 is 10.0 Å². The van der Waals surface area contributed by atoms with E-state index in [1.807, 2.05) is 0 Å². The van der Waals surface area contributed by atoms with Crippen molar-refractivity contribution in [1.82, 2.24) is 0 Å². The van der Waals surface area contributed by atoms with Crippen LogP contribution in [0, 0.1) is 5.21 Å². The van der Waals surface area contributed by atoms with Crippen molar-refractivity contribution in [3.05, 3.63) is 28.6 Å². The Labute approximate surface area is 108 Å². The van der Waals surface area contributed by atoms with E-state index in [1.165, 1.54) is 32.1 Å². The molecule has 0 amide bonds. The summed E-state index contributed by atoms with van der Waals surface area (Å²) in [6.45, 7) is 3.04. The molecule has 1 rings (SSSR count). The Bertz CT molecular complexity index is 331. The molecule has 0 aliphatic rings. The zero-order valence-electron chi connectivity index (χ0n) is 10.4. The Morgan fingerprint density at radius 3 is 2.65 bits per heavy atom. The molecule has 0 radical (unpaired) electrons. The number of unbranched alkanes of at least 4 members (excludes halogenated alkanes) is 5. The summed E-state index contributed by atoms with van der Waals surface area (Å²) in [7, 11) is 0. The van der Waals surface area contributed by atoms with E-state index in [1.54, 1.807) is 18.2 Å². The minimum atomic E-state index is 0.206. The Balaban J connectivity index is 2.16. The largest absolute Gasteiger partial charge is 0.710 e. The molecule has 0 unspecified atom stereocenters. The third-order valence-corrected chi connectivity index (χ3v) is 3.02. The van der Waals surface area contributed by atoms with Crippen molar-refractivity contribution >= 4 is 17.4 Å². The summed E-state index contributed by atoms with van der Waals surface area (Å²) >= 11 is 5.72. The second-order valence-electron chi connectivity index (χ2n) is 4.22. The van der Waals surface area contributed by atoms with Crippen molar-refractivity contribution in [3.63, 3.8) is 0 Å². The number of pyridine rings is 1. The Hall–Kier alpha value is -0.960. The molecule has 0 fully saturated rings. The highest BCUT2D eigenvalue weighted by Crippen LogP contribution is 2.08. The molecule has 1 aromatic heterocycles. The Morgan fingerprint density at radius 2 is 1.88 bits per heavy atom. The number of nitrogens with one attached hydrogen (secondary N) is 1. The van der Waals surface area contributed by atoms with Crippen LogP contribution in [-0.4, -0.2) is 6.54 Å². The average molecular weight is 257 g/mol. The fraction of sp³-hybridized carbons (Fsp3) is 0.615. The van der Waals surface area contributed by atoms with E-state index >= 15 is 0 Å². The first-order valence-corrected chi connectivity index (χ1v) is 6.75. The molecule has 0 saturated carbocycles. The maximum atomic E-state index is 11.5. The number of aromatic nitrogens is 1. The number of hydrogen-bond acceptors (Lipinski definition) is 2. The van der Waals surface area contributed by atoms with Crippen molar-refractivity contribution in [2.75, 3.05) is 11.9 Å². The molecule has 0 bridgehead atoms. The second kappa shape index (κ2) is 8.18. The SMILES string of the molecule is CCCCCCCCNc1cccc(Cl)[n+]1[O-]. The van der Waals surface area contributed by atoms with E-state index in [4.69, 9.17) is 11.6 Å². The van der Waals surface area contributed by atoms with Crippen LogP contribution in [0.5, 0.6) is 0 Å². The summed E-state index contributed by atoms with van der Waals surface area (Å²) in [4.78, 5) is 0. The van der Waals surface area contributed by atoms with Crippen LogP contribution >= 0.6 is 11.6 Å². The van der Waals surface area contributed by atoms with Crippen LogP contribution in [0.15, 0.2) is 18.2 Å². The smallest absolute Gasteiger partial charge is 0.278 e. The fourth-order valence-electron chi connectivity index (χ4n) is 1.72. The summed E-state index contributed by atoms with van der Waals surface area (Å²) in [5.74, 6) is 0.533. The van der Waals surface area contributed by atoms with E-state index in [9.17, 15) is 5.21 Å². The van der Waals surface area contributed by atoms with Gasteiger partial charge in [-0.25, -0.2) is 4.73 Å². The summed E-state index contributed by atoms with van der Waals surface area (Å²) in [5, 5.41) is 14.8. The number of nitrogens with zero attached hydrogens (tertiary/aromatic N) is 1. The molecule has 3 nitrogen and oxygen atoms in total. The van der Waals surface area contributed by atoms with Gasteiger partial charge in [0.25, 0.3) is 5.82 Å². The van der Waals surface area contributed by atoms with Crippen molar-refractivity contribution < 1.29 is 4.73 Å². The summed E-state index contributed by atoms with van der Waals surface area (Å²) in [6.07, 6.45) is 7.50. The third-order valence-electron chi connectivity index (χ3n) is 2.74. The lowest BCUT2D eigenvalue weighted by Gasteiger charge is -2.09. The first-order valence-electron chi connectivity index (χ1n) is 6.37. The maximum absolute atomic E-state index is 11.5. The first kappa shape index (κ1) is 14.1. The molecule has 0 saturated heterocycles. The summed E-state index contributed by atoms with van der Waals surface area (Å²) in [5.41, 5.74) is 0. The lowest BCUT2D eigenvalue weighted by Crippen LogP contribution is -2.32. The van der Waals surface area contributed by atoms with Crippen LogP contribution in [0.2, 0.25) is 5.15 Å². The van der Waals surface area contributed by atoms with Crippen LogP contribution in [0.1, 0.15) is 45.4 Å². The minimum absolute atomic E-state index is 0.206. The lowest BCUT2D eigenvalue weighted by molar-refractivity contribution is -0.588. The first-order chi connectivity index (χ1) is 8.25. The van der Waals surface area contributed by atoms with Crippen LogP contribution in [0.4, 0.5) is 5.82 Å². The number of anilines is 1. The molecule has 0 atom stereocenters. The molecule has 1 heterocycles. The van der Waals surface area contributed by atoms with Crippen molar-refractivity contribution in [2.24, 2.45) is 0 Å². The van der Waals surface area contributed by atoms with Gasteiger partial charge < -0.3 is 5.21 Å². The van der Waals surface area contributed by atoms with Crippen molar-refractivity contribution in [1.29, 1.82) is 0 Å². The molecule has 96 valence electrons. The molecule has 0 aromatic carbocycles. The molecule has 0 aliphatic heterocycles. The van der Waals surface area contributed by atoms with E-state index < -0.39 is 0 Å². The predicted molar refractivity (Wildman–Crippen MR) is 72.3 cm³/mol. The van der Waals surface area contributed by atoms with Crippen LogP contribution in [-0.2, 0) is 0 Å². The van der Waals surface area contributed by atoms with Gasteiger partial charge >= 0.3 is 0 Å². The van der Waals surface area contributed by atoms with E-state index in [2.05, 4.69) is 12.2 Å². The number of rotatable bonds is 8. The Kier molecular flexibility index (Phi) is 6.78. The third kappa shape index (κ3) is 5.26. The molecule has 0 aliphatic carbocycles. The fourth-order valence-corrected chi connectivity index (χ4v) is 1.89. The highest BCUT2D eigenvalue weighted by atomic mass is 35.5. The molecule has 1 aromatic rings. The molecule has 4 heteroatoms. The zero-order valence-corrected chi connectivity index (χ0v) is 11.2. The van der Waals surface area contributed by atoms with E-state index in [0.29, 0.717) is 5.82 Å². The normalized spacial score (nSPS) is 10.5. The Morgan fingerprint density at radius 1 is 1.18 bits per heavy atom. The maximum Gasteiger partial charge on any atom is 0.278 e. The topological polar surface area (TPSA) is 39.0 Å². The van der Waals surface area contributed by atoms with Gasteiger partial charge in [-0.1, -0.05) is 32.6 Å². The average Bonchev–Trinajstić information content (AvgIpc) is 2.33. The number of hydrogen-bond donors (Lipinski definition) is 1. The van der Waals surface area contributed by atoms with Gasteiger partial charge in [0.15, 0.2) is 5.15 Å². The van der Waals surface area contributed by atoms with Crippen molar-refractivity contribution in [3.8, 4) is 0 Å². The van der Waals surface area contributed by atoms with Gasteiger partial charge in [0.2, 0.25) is 0 Å². The second-order valence-corrected chi connectivity index (χ2v) is 4.61. The highest BCUT2D eigenvalue weighted by Gasteiger charge is 2.04. The molecule has 0 spiro atoms. The number of halogens is 1. The molecule has 17 heavy (non-hydrogen) atoms. The van der Waals surface area contributed by atoms with E-state index in [-0.39, 0.29) is 5.15 Å². The highest BCUT2D eigenvalue weighted by molar-refractivity contribution is 6.28.